The molecule has 0 aliphatic heterocycles. The van der Waals surface area contributed by atoms with Crippen molar-refractivity contribution < 1.29 is 22.6 Å². The number of halogens is 3. The number of anilines is 1. The van der Waals surface area contributed by atoms with Crippen molar-refractivity contribution >= 4 is 16.6 Å². The lowest BCUT2D eigenvalue weighted by Gasteiger charge is -2.10. The van der Waals surface area contributed by atoms with E-state index in [-0.39, 0.29) is 40.5 Å². The van der Waals surface area contributed by atoms with E-state index in [1.54, 1.807) is 12.3 Å². The number of pyridine rings is 1. The van der Waals surface area contributed by atoms with E-state index in [0.717, 1.165) is 6.07 Å². The van der Waals surface area contributed by atoms with Crippen LogP contribution in [0.15, 0.2) is 35.4 Å². The minimum atomic E-state index is -2.77. The number of rotatable bonds is 9. The maximum atomic E-state index is 14.7. The van der Waals surface area contributed by atoms with Gasteiger partial charge in [-0.3, -0.25) is 4.79 Å². The second-order valence-electron chi connectivity index (χ2n) is 6.57. The van der Waals surface area contributed by atoms with Gasteiger partial charge >= 0.3 is 6.61 Å². The molecular weight excluding hydrogens is 401 g/mol. The van der Waals surface area contributed by atoms with Gasteiger partial charge in [0.25, 0.3) is 5.56 Å². The second kappa shape index (κ2) is 9.57. The highest BCUT2D eigenvalue weighted by atomic mass is 19.3. The fourth-order valence-corrected chi connectivity index (χ4v) is 3.06. The summed E-state index contributed by atoms with van der Waals surface area (Å²) in [6.07, 6.45) is 4.67. The zero-order valence-electron chi connectivity index (χ0n) is 16.3. The Labute approximate surface area is 170 Å². The van der Waals surface area contributed by atoms with E-state index >= 15 is 0 Å². The first-order chi connectivity index (χ1) is 14.4. The number of unbranched alkanes of at least 4 members (excludes halogenated alkanes) is 2. The van der Waals surface area contributed by atoms with Crippen molar-refractivity contribution in [3.63, 3.8) is 0 Å². The Kier molecular flexibility index (Phi) is 6.88. The van der Waals surface area contributed by atoms with Gasteiger partial charge in [0.05, 0.1) is 30.9 Å². The number of methoxy groups -OCH3 is 1. The molecule has 0 unspecified atom stereocenters. The monoisotopic (exact) mass is 422 g/mol. The quantitative estimate of drug-likeness (QED) is 0.530. The first kappa shape index (κ1) is 21.6. The molecule has 10 heteroatoms. The van der Waals surface area contributed by atoms with E-state index in [1.807, 2.05) is 0 Å². The van der Waals surface area contributed by atoms with Gasteiger partial charge in [0.1, 0.15) is 5.82 Å². The van der Waals surface area contributed by atoms with Crippen molar-refractivity contribution in [2.45, 2.75) is 32.4 Å². The lowest BCUT2D eigenvalue weighted by Crippen LogP contribution is -2.19. The van der Waals surface area contributed by atoms with E-state index < -0.39 is 12.4 Å². The summed E-state index contributed by atoms with van der Waals surface area (Å²) >= 11 is 0. The average molecular weight is 422 g/mol. The first-order valence-corrected chi connectivity index (χ1v) is 9.30. The largest absolute Gasteiger partial charge is 0.491 e. The summed E-state index contributed by atoms with van der Waals surface area (Å²) in [4.78, 5) is 20.8. The minimum Gasteiger partial charge on any atom is -0.491 e. The summed E-state index contributed by atoms with van der Waals surface area (Å²) in [5, 5.41) is 0.761. The van der Waals surface area contributed by atoms with Gasteiger partial charge in [-0.1, -0.05) is 0 Å². The van der Waals surface area contributed by atoms with Crippen molar-refractivity contribution in [3.05, 3.63) is 46.8 Å². The smallest absolute Gasteiger partial charge is 0.345 e. The van der Waals surface area contributed by atoms with Crippen LogP contribution in [-0.4, -0.2) is 34.9 Å². The Morgan fingerprint density at radius 1 is 1.23 bits per heavy atom. The van der Waals surface area contributed by atoms with E-state index in [4.69, 9.17) is 10.5 Å². The molecule has 0 aliphatic rings. The van der Waals surface area contributed by atoms with Crippen LogP contribution in [0.4, 0.5) is 19.0 Å². The number of hydrogen-bond donors (Lipinski definition) is 1. The highest BCUT2D eigenvalue weighted by molar-refractivity contribution is 5.86. The molecule has 0 saturated heterocycles. The van der Waals surface area contributed by atoms with Crippen LogP contribution in [0.5, 0.6) is 5.75 Å². The van der Waals surface area contributed by atoms with Gasteiger partial charge in [-0.2, -0.15) is 8.78 Å². The molecule has 0 fully saturated rings. The number of aryl methyl sites for hydroxylation is 1. The van der Waals surface area contributed by atoms with Gasteiger partial charge < -0.3 is 19.8 Å². The second-order valence-corrected chi connectivity index (χ2v) is 6.57. The molecule has 7 nitrogen and oxygen atoms in total. The van der Waals surface area contributed by atoms with Crippen LogP contribution in [0, 0.1) is 5.82 Å². The van der Waals surface area contributed by atoms with Crippen molar-refractivity contribution in [2.24, 2.45) is 0 Å². The van der Waals surface area contributed by atoms with E-state index in [9.17, 15) is 18.0 Å². The lowest BCUT2D eigenvalue weighted by molar-refractivity contribution is -0.129. The number of benzene rings is 1. The molecule has 0 saturated carbocycles. The Morgan fingerprint density at radius 3 is 2.73 bits per heavy atom. The number of alkyl halides is 2. The minimum absolute atomic E-state index is 0.0315. The highest BCUT2D eigenvalue weighted by Crippen LogP contribution is 2.27. The predicted molar refractivity (Wildman–Crippen MR) is 106 cm³/mol. The summed E-state index contributed by atoms with van der Waals surface area (Å²) in [6.45, 7) is -2.41. The predicted octanol–water partition coefficient (Wildman–Crippen LogP) is 3.60. The molecule has 3 rings (SSSR count). The van der Waals surface area contributed by atoms with E-state index in [1.165, 1.54) is 23.9 Å². The maximum Gasteiger partial charge on any atom is 0.345 e. The third kappa shape index (κ3) is 4.88. The molecule has 0 bridgehead atoms. The third-order valence-corrected chi connectivity index (χ3v) is 4.60. The van der Waals surface area contributed by atoms with Crippen LogP contribution in [-0.2, 0) is 11.3 Å². The standard InChI is InChI=1S/C20H21F3N4O3/c1-29-16-11-25-18(26-17(16)24)14-9-12-5-7-27(19(28)13(12)10-15(14)21)6-3-2-4-8-30-20(22)23/h5,7,9-11,20H,2-4,6,8H2,1H3,(H2,24,25,26). The van der Waals surface area contributed by atoms with Gasteiger partial charge in [-0.05, 0) is 42.8 Å². The van der Waals surface area contributed by atoms with Crippen LogP contribution in [0.25, 0.3) is 22.2 Å². The molecular formula is C20H21F3N4O3. The van der Waals surface area contributed by atoms with Crippen LogP contribution < -0.4 is 16.0 Å². The van der Waals surface area contributed by atoms with Gasteiger partial charge in [0.15, 0.2) is 17.4 Å². The van der Waals surface area contributed by atoms with Crippen molar-refractivity contribution in [3.8, 4) is 17.1 Å². The molecule has 0 spiro atoms. The number of nitrogens with zero attached hydrogens (tertiary/aromatic N) is 3. The molecule has 160 valence electrons. The van der Waals surface area contributed by atoms with Gasteiger partial charge in [0, 0.05) is 12.7 Å². The highest BCUT2D eigenvalue weighted by Gasteiger charge is 2.14. The van der Waals surface area contributed by atoms with Gasteiger partial charge in [0.2, 0.25) is 0 Å². The molecule has 2 heterocycles. The number of aromatic nitrogens is 3. The average Bonchev–Trinajstić information content (AvgIpc) is 2.72. The van der Waals surface area contributed by atoms with Crippen molar-refractivity contribution in [1.82, 2.24) is 14.5 Å². The van der Waals surface area contributed by atoms with Gasteiger partial charge in [-0.15, -0.1) is 0 Å². The number of ether oxygens (including phenoxy) is 2. The fraction of sp³-hybridized carbons (Fsp3) is 0.350. The van der Waals surface area contributed by atoms with Crippen LogP contribution >= 0.6 is 0 Å². The Hall–Kier alpha value is -3.14. The lowest BCUT2D eigenvalue weighted by atomic mass is 10.1. The van der Waals surface area contributed by atoms with Crippen LogP contribution in [0.1, 0.15) is 19.3 Å². The molecule has 0 atom stereocenters. The number of fused-ring (bicyclic) bond motifs is 1. The maximum absolute atomic E-state index is 14.7. The van der Waals surface area contributed by atoms with Gasteiger partial charge in [-0.25, -0.2) is 14.4 Å². The zero-order chi connectivity index (χ0) is 21.7. The van der Waals surface area contributed by atoms with E-state index in [2.05, 4.69) is 14.7 Å². The summed E-state index contributed by atoms with van der Waals surface area (Å²) in [5.74, 6) is -0.200. The summed E-state index contributed by atoms with van der Waals surface area (Å²) < 4.78 is 49.2. The molecule has 2 N–H and O–H groups in total. The number of nitrogen functional groups attached to an aromatic ring is 1. The Morgan fingerprint density at radius 2 is 2.03 bits per heavy atom. The topological polar surface area (TPSA) is 92.3 Å². The Bertz CT molecular complexity index is 1090. The normalized spacial score (nSPS) is 11.4. The molecule has 1 aromatic carbocycles. The molecule has 3 aromatic rings. The molecule has 0 amide bonds. The first-order valence-electron chi connectivity index (χ1n) is 9.30. The third-order valence-electron chi connectivity index (χ3n) is 4.60. The summed E-state index contributed by atoms with van der Waals surface area (Å²) in [6, 6.07) is 4.36. The van der Waals surface area contributed by atoms with Crippen molar-refractivity contribution in [1.29, 1.82) is 0 Å². The fourth-order valence-electron chi connectivity index (χ4n) is 3.06. The van der Waals surface area contributed by atoms with Crippen LogP contribution in [0.3, 0.4) is 0 Å². The number of nitrogens with two attached hydrogens (primary N) is 1. The molecule has 0 aliphatic carbocycles. The SMILES string of the molecule is COc1cnc(-c2cc3ccn(CCCCCOC(F)F)c(=O)c3cc2F)nc1N. The zero-order valence-corrected chi connectivity index (χ0v) is 16.3. The molecule has 0 radical (unpaired) electrons. The van der Waals surface area contributed by atoms with Crippen molar-refractivity contribution in [2.75, 3.05) is 19.5 Å². The van der Waals surface area contributed by atoms with Crippen LogP contribution in [0.2, 0.25) is 0 Å². The summed E-state index contributed by atoms with van der Waals surface area (Å²) in [5.41, 5.74) is 5.55. The molecule has 2 aromatic heterocycles. The Balaban J connectivity index is 1.79. The molecule has 30 heavy (non-hydrogen) atoms. The summed E-state index contributed by atoms with van der Waals surface area (Å²) in [7, 11) is 1.42. The van der Waals surface area contributed by atoms with E-state index in [0.29, 0.717) is 31.2 Å². The number of hydrogen-bond acceptors (Lipinski definition) is 6.